The monoisotopic (exact) mass is 646 g/mol. The molecular formula is C43H30N6O. The lowest BCUT2D eigenvalue weighted by Gasteiger charge is -2.15. The fraction of sp³-hybridized carbons (Fsp3) is 0.0698. The van der Waals surface area contributed by atoms with Gasteiger partial charge in [0.1, 0.15) is 28.4 Å². The Morgan fingerprint density at radius 3 is 2.10 bits per heavy atom. The first kappa shape index (κ1) is 28.4. The van der Waals surface area contributed by atoms with Crippen molar-refractivity contribution >= 4 is 54.9 Å². The minimum Gasteiger partial charge on any atom is -0.457 e. The van der Waals surface area contributed by atoms with Gasteiger partial charge in [-0.15, -0.1) is 0 Å². The quantitative estimate of drug-likeness (QED) is 0.178. The van der Waals surface area contributed by atoms with Crippen molar-refractivity contribution in [1.29, 1.82) is 0 Å². The SMILES string of the molecule is Cc1cc(C)c(-c2cnc3c4cc(Oc5ccc6c7cccnc7n7cc(-c8ccccc8)nc7c6c5)ccc4c4ncccc4n23)c(C)c1. The summed E-state index contributed by atoms with van der Waals surface area (Å²) >= 11 is 0. The second-order valence-electron chi connectivity index (χ2n) is 13.0. The summed E-state index contributed by atoms with van der Waals surface area (Å²) in [6.07, 6.45) is 7.74. The van der Waals surface area contributed by atoms with Gasteiger partial charge in [-0.05, 0) is 97.9 Å². The molecule has 6 heterocycles. The Balaban J connectivity index is 1.15. The molecule has 0 bridgehead atoms. The molecule has 0 fully saturated rings. The van der Waals surface area contributed by atoms with E-state index in [0.29, 0.717) is 5.75 Å². The number of hydrogen-bond donors (Lipinski definition) is 0. The second-order valence-corrected chi connectivity index (χ2v) is 13.0. The van der Waals surface area contributed by atoms with Gasteiger partial charge in [-0.25, -0.2) is 15.0 Å². The van der Waals surface area contributed by atoms with Crippen LogP contribution in [0.1, 0.15) is 16.7 Å². The number of pyridine rings is 4. The number of imidazole rings is 2. The molecule has 238 valence electrons. The van der Waals surface area contributed by atoms with E-state index in [-0.39, 0.29) is 0 Å². The summed E-state index contributed by atoms with van der Waals surface area (Å²) in [4.78, 5) is 19.7. The Morgan fingerprint density at radius 1 is 0.580 bits per heavy atom. The van der Waals surface area contributed by atoms with Crippen molar-refractivity contribution in [3.63, 3.8) is 0 Å². The van der Waals surface area contributed by atoms with Crippen LogP contribution in [0.4, 0.5) is 0 Å². The molecule has 0 saturated heterocycles. The Labute approximate surface area is 287 Å². The van der Waals surface area contributed by atoms with E-state index >= 15 is 0 Å². The maximum atomic E-state index is 6.64. The van der Waals surface area contributed by atoms with Crippen LogP contribution in [0.15, 0.2) is 128 Å². The van der Waals surface area contributed by atoms with Crippen molar-refractivity contribution in [3.8, 4) is 34.0 Å². The Hall–Kier alpha value is -6.60. The number of nitrogens with zero attached hydrogens (tertiary/aromatic N) is 6. The molecule has 0 saturated carbocycles. The molecule has 50 heavy (non-hydrogen) atoms. The first-order chi connectivity index (χ1) is 24.5. The van der Waals surface area contributed by atoms with E-state index < -0.39 is 0 Å². The van der Waals surface area contributed by atoms with Crippen molar-refractivity contribution in [2.75, 3.05) is 0 Å². The largest absolute Gasteiger partial charge is 0.457 e. The van der Waals surface area contributed by atoms with Crippen LogP contribution in [0.25, 0.3) is 77.4 Å². The highest BCUT2D eigenvalue weighted by Crippen LogP contribution is 2.38. The van der Waals surface area contributed by atoms with Gasteiger partial charge in [-0.2, -0.15) is 0 Å². The summed E-state index contributed by atoms with van der Waals surface area (Å²) in [5, 5.41) is 5.12. The molecule has 0 aliphatic rings. The summed E-state index contributed by atoms with van der Waals surface area (Å²) < 4.78 is 11.0. The summed E-state index contributed by atoms with van der Waals surface area (Å²) in [6.45, 7) is 6.48. The molecule has 10 aromatic rings. The van der Waals surface area contributed by atoms with Crippen molar-refractivity contribution in [1.82, 2.24) is 28.7 Å². The fourth-order valence-electron chi connectivity index (χ4n) is 7.73. The standard InChI is InChI=1S/C43H30N6O/c1-25-19-26(2)39(27(3)20-25)38-23-46-42-35-22-30(14-16-32(35)40-37(49(38)42)12-8-17-44-40)50-29-13-15-31-33-11-7-18-45-41(33)48-24-36(28-9-5-4-6-10-28)47-43(48)34(31)21-29/h4-24H,1-3H3. The highest BCUT2D eigenvalue weighted by Gasteiger charge is 2.19. The molecule has 4 aromatic carbocycles. The van der Waals surface area contributed by atoms with Crippen LogP contribution in [0.5, 0.6) is 11.5 Å². The highest BCUT2D eigenvalue weighted by molar-refractivity contribution is 6.12. The molecule has 0 N–H and O–H groups in total. The zero-order chi connectivity index (χ0) is 33.5. The zero-order valence-corrected chi connectivity index (χ0v) is 27.7. The number of aromatic nitrogens is 6. The molecule has 0 spiro atoms. The van der Waals surface area contributed by atoms with E-state index in [2.05, 4.69) is 96.4 Å². The minimum atomic E-state index is 0.716. The van der Waals surface area contributed by atoms with Gasteiger partial charge >= 0.3 is 0 Å². The average Bonchev–Trinajstić information content (AvgIpc) is 3.78. The van der Waals surface area contributed by atoms with Crippen LogP contribution in [0.3, 0.4) is 0 Å². The molecule has 0 aliphatic carbocycles. The van der Waals surface area contributed by atoms with Crippen molar-refractivity contribution in [2.45, 2.75) is 20.8 Å². The molecule has 0 unspecified atom stereocenters. The van der Waals surface area contributed by atoms with E-state index in [1.165, 1.54) is 22.3 Å². The van der Waals surface area contributed by atoms with Crippen LogP contribution in [-0.4, -0.2) is 28.7 Å². The lowest BCUT2D eigenvalue weighted by molar-refractivity contribution is 0.484. The van der Waals surface area contributed by atoms with Gasteiger partial charge in [0.05, 0.1) is 28.6 Å². The molecule has 7 heteroatoms. The van der Waals surface area contributed by atoms with Crippen molar-refractivity contribution < 1.29 is 4.74 Å². The van der Waals surface area contributed by atoms with Crippen LogP contribution in [0, 0.1) is 20.8 Å². The van der Waals surface area contributed by atoms with E-state index in [4.69, 9.17) is 24.7 Å². The minimum absolute atomic E-state index is 0.716. The third-order valence-electron chi connectivity index (χ3n) is 9.76. The number of ether oxygens (including phenoxy) is 1. The van der Waals surface area contributed by atoms with Gasteiger partial charge in [0.2, 0.25) is 0 Å². The summed E-state index contributed by atoms with van der Waals surface area (Å²) in [5.74, 6) is 1.43. The smallest absolute Gasteiger partial charge is 0.147 e. The number of hydrogen-bond acceptors (Lipinski definition) is 5. The Morgan fingerprint density at radius 2 is 1.30 bits per heavy atom. The normalized spacial score (nSPS) is 11.9. The number of benzene rings is 4. The van der Waals surface area contributed by atoms with Crippen molar-refractivity contribution in [2.24, 2.45) is 0 Å². The fourth-order valence-corrected chi connectivity index (χ4v) is 7.73. The molecule has 10 rings (SSSR count). The van der Waals surface area contributed by atoms with Gasteiger partial charge in [0, 0.05) is 51.3 Å². The van der Waals surface area contributed by atoms with E-state index in [1.54, 1.807) is 0 Å². The van der Waals surface area contributed by atoms with Crippen LogP contribution < -0.4 is 4.74 Å². The third-order valence-corrected chi connectivity index (χ3v) is 9.76. The van der Waals surface area contributed by atoms with E-state index in [1.807, 2.05) is 61.1 Å². The first-order valence-corrected chi connectivity index (χ1v) is 16.7. The van der Waals surface area contributed by atoms with Gasteiger partial charge in [0.25, 0.3) is 0 Å². The predicted molar refractivity (Wildman–Crippen MR) is 201 cm³/mol. The molecule has 0 amide bonds. The van der Waals surface area contributed by atoms with Gasteiger partial charge in [0.15, 0.2) is 0 Å². The molecular weight excluding hydrogens is 617 g/mol. The highest BCUT2D eigenvalue weighted by atomic mass is 16.5. The summed E-state index contributed by atoms with van der Waals surface area (Å²) in [6, 6.07) is 35.3. The predicted octanol–water partition coefficient (Wildman–Crippen LogP) is 10.4. The lowest BCUT2D eigenvalue weighted by Crippen LogP contribution is -1.98. The second kappa shape index (κ2) is 10.7. The number of rotatable bonds is 4. The zero-order valence-electron chi connectivity index (χ0n) is 27.7. The lowest BCUT2D eigenvalue weighted by atomic mass is 9.97. The van der Waals surface area contributed by atoms with Gasteiger partial charge < -0.3 is 4.74 Å². The average molecular weight is 647 g/mol. The van der Waals surface area contributed by atoms with Crippen LogP contribution >= 0.6 is 0 Å². The maximum absolute atomic E-state index is 6.64. The van der Waals surface area contributed by atoms with E-state index in [0.717, 1.165) is 77.6 Å². The van der Waals surface area contributed by atoms with Crippen LogP contribution in [0.2, 0.25) is 0 Å². The van der Waals surface area contributed by atoms with Crippen LogP contribution in [-0.2, 0) is 0 Å². The molecule has 0 aliphatic heterocycles. The molecule has 0 atom stereocenters. The third kappa shape index (κ3) is 4.23. The Kier molecular flexibility index (Phi) is 6.08. The molecule has 6 aromatic heterocycles. The van der Waals surface area contributed by atoms with E-state index in [9.17, 15) is 0 Å². The maximum Gasteiger partial charge on any atom is 0.147 e. The molecule has 7 nitrogen and oxygen atoms in total. The number of aryl methyl sites for hydroxylation is 3. The summed E-state index contributed by atoms with van der Waals surface area (Å²) in [7, 11) is 0. The molecule has 0 radical (unpaired) electrons. The first-order valence-electron chi connectivity index (χ1n) is 16.7. The van der Waals surface area contributed by atoms with Gasteiger partial charge in [-0.3, -0.25) is 13.8 Å². The summed E-state index contributed by atoms with van der Waals surface area (Å²) in [5.41, 5.74) is 12.4. The van der Waals surface area contributed by atoms with Gasteiger partial charge in [-0.1, -0.05) is 48.0 Å². The Bertz CT molecular complexity index is 2970. The van der Waals surface area contributed by atoms with Crippen molar-refractivity contribution in [3.05, 3.63) is 145 Å². The number of fused-ring (bicyclic) bond motifs is 12. The topological polar surface area (TPSA) is 69.6 Å².